The second kappa shape index (κ2) is 18.2. The number of unbranched alkanes of at least 4 members (excludes halogenated alkanes) is 3. The van der Waals surface area contributed by atoms with Gasteiger partial charge in [-0.3, -0.25) is 0 Å². The van der Waals surface area contributed by atoms with Crippen LogP contribution in [0.1, 0.15) is 66.2 Å². The molecular weight excluding hydrogens is 250 g/mol. The molecule has 0 radical (unpaired) electrons. The molecule has 0 bridgehead atoms. The lowest BCUT2D eigenvalue weighted by Crippen LogP contribution is -2.27. The Morgan fingerprint density at radius 3 is 1.55 bits per heavy atom. The van der Waals surface area contributed by atoms with E-state index in [-0.39, 0.29) is 5.97 Å². The molecule has 0 aromatic carbocycles. The van der Waals surface area contributed by atoms with E-state index in [0.717, 1.165) is 6.08 Å². The fourth-order valence-corrected chi connectivity index (χ4v) is 1.68. The van der Waals surface area contributed by atoms with Gasteiger partial charge in [-0.05, 0) is 45.8 Å². The monoisotopic (exact) mass is 285 g/mol. The molecule has 20 heavy (non-hydrogen) atoms. The van der Waals surface area contributed by atoms with Gasteiger partial charge in [0.05, 0.1) is 6.61 Å². The lowest BCUT2D eigenvalue weighted by molar-refractivity contribution is -0.137. The molecular formula is C17H35NO2. The second-order valence-corrected chi connectivity index (χ2v) is 4.86. The fraction of sp³-hybridized carbons (Fsp3) is 0.824. The molecule has 0 heterocycles. The third-order valence-corrected chi connectivity index (χ3v) is 2.94. The van der Waals surface area contributed by atoms with E-state index in [1.807, 2.05) is 0 Å². The van der Waals surface area contributed by atoms with E-state index in [1.165, 1.54) is 58.2 Å². The average Bonchev–Trinajstić information content (AvgIpc) is 2.47. The Morgan fingerprint density at radius 1 is 0.950 bits per heavy atom. The molecule has 3 heteroatoms. The smallest absolute Gasteiger partial charge is 0.330 e. The molecule has 0 aliphatic carbocycles. The van der Waals surface area contributed by atoms with Gasteiger partial charge in [-0.25, -0.2) is 4.79 Å². The minimum atomic E-state index is -0.359. The number of ether oxygens (including phenoxy) is 1. The highest BCUT2D eigenvalue weighted by Gasteiger charge is 2.01. The molecule has 3 nitrogen and oxygen atoms in total. The Morgan fingerprint density at radius 2 is 1.35 bits per heavy atom. The van der Waals surface area contributed by atoms with E-state index in [9.17, 15) is 4.79 Å². The van der Waals surface area contributed by atoms with Crippen LogP contribution in [0.4, 0.5) is 0 Å². The summed E-state index contributed by atoms with van der Waals surface area (Å²) in [6.45, 7) is 16.2. The number of carbonyl (C=O) groups excluding carboxylic acids is 1. The van der Waals surface area contributed by atoms with Crippen molar-refractivity contribution < 1.29 is 9.53 Å². The molecule has 0 fully saturated rings. The fourth-order valence-electron chi connectivity index (χ4n) is 1.68. The van der Waals surface area contributed by atoms with Crippen molar-refractivity contribution in [3.05, 3.63) is 12.7 Å². The molecule has 0 saturated heterocycles. The predicted octanol–water partition coefficient (Wildman–Crippen LogP) is 4.42. The maximum atomic E-state index is 10.1. The number of nitrogens with zero attached hydrogens (tertiary/aromatic N) is 1. The molecule has 0 amide bonds. The van der Waals surface area contributed by atoms with E-state index in [1.54, 1.807) is 6.92 Å². The SMILES string of the molecule is C=CC(=O)OCC.CCCCN(CCCC)CCCC. The Balaban J connectivity index is 0. The zero-order valence-electron chi connectivity index (χ0n) is 14.1. The molecule has 0 saturated carbocycles. The van der Waals surface area contributed by atoms with Gasteiger partial charge in [0.25, 0.3) is 0 Å². The van der Waals surface area contributed by atoms with Gasteiger partial charge < -0.3 is 9.64 Å². The van der Waals surface area contributed by atoms with Crippen LogP contribution in [0.3, 0.4) is 0 Å². The molecule has 120 valence electrons. The summed E-state index contributed by atoms with van der Waals surface area (Å²) < 4.78 is 4.43. The Kier molecular flexibility index (Phi) is 19.5. The van der Waals surface area contributed by atoms with Crippen molar-refractivity contribution in [1.29, 1.82) is 0 Å². The minimum absolute atomic E-state index is 0.359. The summed E-state index contributed by atoms with van der Waals surface area (Å²) in [4.78, 5) is 12.7. The standard InChI is InChI=1S/C12H27N.C5H8O2/c1-4-7-10-13(11-8-5-2)12-9-6-3;1-3-5(6)7-4-2/h4-12H2,1-3H3;3H,1,4H2,2H3. The van der Waals surface area contributed by atoms with E-state index in [2.05, 4.69) is 37.0 Å². The van der Waals surface area contributed by atoms with Crippen molar-refractivity contribution in [2.45, 2.75) is 66.2 Å². The van der Waals surface area contributed by atoms with Crippen LogP contribution in [0.2, 0.25) is 0 Å². The van der Waals surface area contributed by atoms with Crippen LogP contribution in [-0.4, -0.2) is 37.1 Å². The molecule has 0 aliphatic heterocycles. The number of rotatable bonds is 11. The summed E-state index contributed by atoms with van der Waals surface area (Å²) in [5.41, 5.74) is 0. The third-order valence-electron chi connectivity index (χ3n) is 2.94. The molecule has 0 N–H and O–H groups in total. The average molecular weight is 285 g/mol. The highest BCUT2D eigenvalue weighted by atomic mass is 16.5. The van der Waals surface area contributed by atoms with Crippen molar-refractivity contribution >= 4 is 5.97 Å². The number of carbonyl (C=O) groups is 1. The van der Waals surface area contributed by atoms with Crippen molar-refractivity contribution in [3.8, 4) is 0 Å². The Bertz CT molecular complexity index is 198. The molecule has 0 unspecified atom stereocenters. The zero-order valence-corrected chi connectivity index (χ0v) is 14.1. The summed E-state index contributed by atoms with van der Waals surface area (Å²) in [6, 6.07) is 0. The van der Waals surface area contributed by atoms with E-state index >= 15 is 0 Å². The molecule has 0 aliphatic rings. The van der Waals surface area contributed by atoms with E-state index in [4.69, 9.17) is 0 Å². The number of hydrogen-bond acceptors (Lipinski definition) is 3. The highest BCUT2D eigenvalue weighted by Crippen LogP contribution is 2.01. The van der Waals surface area contributed by atoms with Gasteiger partial charge in [-0.15, -0.1) is 0 Å². The zero-order chi connectivity index (χ0) is 15.6. The third kappa shape index (κ3) is 17.2. The predicted molar refractivity (Wildman–Crippen MR) is 88.0 cm³/mol. The topological polar surface area (TPSA) is 29.5 Å². The van der Waals surface area contributed by atoms with Crippen LogP contribution in [0.5, 0.6) is 0 Å². The van der Waals surface area contributed by atoms with E-state index in [0.29, 0.717) is 6.61 Å². The van der Waals surface area contributed by atoms with Crippen LogP contribution in [0, 0.1) is 0 Å². The van der Waals surface area contributed by atoms with Crippen molar-refractivity contribution in [2.75, 3.05) is 26.2 Å². The first kappa shape index (κ1) is 21.5. The molecule has 0 aromatic heterocycles. The first-order chi connectivity index (χ1) is 9.65. The van der Waals surface area contributed by atoms with Crippen LogP contribution in [0.25, 0.3) is 0 Å². The Hall–Kier alpha value is -0.830. The summed E-state index contributed by atoms with van der Waals surface area (Å²) in [5.74, 6) is -0.359. The van der Waals surface area contributed by atoms with Gasteiger partial charge >= 0.3 is 5.97 Å². The van der Waals surface area contributed by atoms with Crippen LogP contribution < -0.4 is 0 Å². The lowest BCUT2D eigenvalue weighted by atomic mass is 10.2. The second-order valence-electron chi connectivity index (χ2n) is 4.86. The summed E-state index contributed by atoms with van der Waals surface area (Å²) in [7, 11) is 0. The number of esters is 1. The quantitative estimate of drug-likeness (QED) is 0.415. The van der Waals surface area contributed by atoms with Crippen molar-refractivity contribution in [2.24, 2.45) is 0 Å². The lowest BCUT2D eigenvalue weighted by Gasteiger charge is -2.21. The van der Waals surface area contributed by atoms with Gasteiger partial charge in [-0.1, -0.05) is 46.6 Å². The highest BCUT2D eigenvalue weighted by molar-refractivity contribution is 5.81. The minimum Gasteiger partial charge on any atom is -0.463 e. The summed E-state index contributed by atoms with van der Waals surface area (Å²) in [5, 5.41) is 0. The Labute approximate surface area is 126 Å². The first-order valence-corrected chi connectivity index (χ1v) is 8.17. The summed E-state index contributed by atoms with van der Waals surface area (Å²) >= 11 is 0. The van der Waals surface area contributed by atoms with Crippen LogP contribution in [0.15, 0.2) is 12.7 Å². The van der Waals surface area contributed by atoms with Gasteiger partial charge in [0.1, 0.15) is 0 Å². The summed E-state index contributed by atoms with van der Waals surface area (Å²) in [6.07, 6.45) is 9.23. The van der Waals surface area contributed by atoms with Gasteiger partial charge in [0.2, 0.25) is 0 Å². The van der Waals surface area contributed by atoms with Gasteiger partial charge in [0, 0.05) is 6.08 Å². The maximum Gasteiger partial charge on any atom is 0.330 e. The first-order valence-electron chi connectivity index (χ1n) is 8.17. The van der Waals surface area contributed by atoms with Crippen LogP contribution in [-0.2, 0) is 9.53 Å². The van der Waals surface area contributed by atoms with Crippen LogP contribution >= 0.6 is 0 Å². The van der Waals surface area contributed by atoms with E-state index < -0.39 is 0 Å². The normalized spacial score (nSPS) is 9.85. The van der Waals surface area contributed by atoms with Gasteiger partial charge in [-0.2, -0.15) is 0 Å². The molecule has 0 aromatic rings. The molecule has 0 atom stereocenters. The van der Waals surface area contributed by atoms with Crippen molar-refractivity contribution in [1.82, 2.24) is 4.90 Å². The maximum absolute atomic E-state index is 10.1. The van der Waals surface area contributed by atoms with Gasteiger partial charge in [0.15, 0.2) is 0 Å². The molecule has 0 spiro atoms. The number of hydrogen-bond donors (Lipinski definition) is 0. The van der Waals surface area contributed by atoms with Crippen molar-refractivity contribution in [3.63, 3.8) is 0 Å². The largest absolute Gasteiger partial charge is 0.463 e. The molecule has 0 rings (SSSR count).